The van der Waals surface area contributed by atoms with Gasteiger partial charge in [-0.25, -0.2) is 4.99 Å². The summed E-state index contributed by atoms with van der Waals surface area (Å²) in [6.07, 6.45) is 0. The van der Waals surface area contributed by atoms with Gasteiger partial charge in [0.1, 0.15) is 17.1 Å². The largest absolute Gasteiger partial charge is 0.463 e. The average molecular weight is 381 g/mol. The van der Waals surface area contributed by atoms with Crippen molar-refractivity contribution in [2.24, 2.45) is 4.99 Å². The highest BCUT2D eigenvalue weighted by molar-refractivity contribution is 14.0. The fourth-order valence-electron chi connectivity index (χ4n) is 1.54. The van der Waals surface area contributed by atoms with Gasteiger partial charge in [-0.3, -0.25) is 0 Å². The van der Waals surface area contributed by atoms with Crippen LogP contribution >= 0.6 is 24.0 Å². The lowest BCUT2D eigenvalue weighted by Gasteiger charge is -2.19. The highest BCUT2D eigenvalue weighted by Gasteiger charge is 2.26. The maximum atomic E-state index is 10.3. The van der Waals surface area contributed by atoms with Crippen LogP contribution in [0.1, 0.15) is 32.3 Å². The Morgan fingerprint density at radius 2 is 1.89 bits per heavy atom. The number of aliphatic hydroxyl groups is 1. The molecule has 0 amide bonds. The van der Waals surface area contributed by atoms with Gasteiger partial charge in [-0.2, -0.15) is 0 Å². The number of aliphatic imine (C=N–C) groups is 1. The molecule has 0 saturated carbocycles. The lowest BCUT2D eigenvalue weighted by Crippen LogP contribution is -2.38. The van der Waals surface area contributed by atoms with E-state index in [1.807, 2.05) is 26.8 Å². The molecular formula is C13H24IN3O2. The van der Waals surface area contributed by atoms with E-state index in [1.54, 1.807) is 13.0 Å². The number of hydrogen-bond acceptors (Lipinski definition) is 3. The van der Waals surface area contributed by atoms with Crippen LogP contribution in [-0.2, 0) is 5.60 Å². The van der Waals surface area contributed by atoms with E-state index >= 15 is 0 Å². The van der Waals surface area contributed by atoms with Crippen molar-refractivity contribution in [3.63, 3.8) is 0 Å². The molecule has 0 saturated heterocycles. The van der Waals surface area contributed by atoms with E-state index in [1.165, 1.54) is 0 Å². The van der Waals surface area contributed by atoms with Crippen molar-refractivity contribution < 1.29 is 9.52 Å². The van der Waals surface area contributed by atoms with Crippen molar-refractivity contribution in [3.8, 4) is 0 Å². The van der Waals surface area contributed by atoms with Crippen molar-refractivity contribution in [3.05, 3.63) is 23.7 Å². The number of nitrogens with one attached hydrogen (secondary N) is 2. The van der Waals surface area contributed by atoms with E-state index in [9.17, 15) is 5.11 Å². The molecule has 0 aromatic carbocycles. The van der Waals surface area contributed by atoms with Crippen LogP contribution in [0.25, 0.3) is 0 Å². The van der Waals surface area contributed by atoms with Crippen LogP contribution in [0.2, 0.25) is 0 Å². The molecular weight excluding hydrogens is 357 g/mol. The highest BCUT2D eigenvalue weighted by atomic mass is 127. The monoisotopic (exact) mass is 381 g/mol. The molecule has 110 valence electrons. The minimum Gasteiger partial charge on any atom is -0.463 e. The molecule has 6 heteroatoms. The second-order valence-electron chi connectivity index (χ2n) is 4.41. The third-order valence-electron chi connectivity index (χ3n) is 2.50. The molecule has 1 unspecified atom stereocenters. The molecule has 5 nitrogen and oxygen atoms in total. The van der Waals surface area contributed by atoms with Crippen LogP contribution in [0.3, 0.4) is 0 Å². The van der Waals surface area contributed by atoms with Gasteiger partial charge in [-0.15, -0.1) is 24.0 Å². The number of nitrogens with zero attached hydrogens (tertiary/aromatic N) is 1. The number of guanidine groups is 1. The fourth-order valence-corrected chi connectivity index (χ4v) is 1.54. The van der Waals surface area contributed by atoms with Gasteiger partial charge in [-0.05, 0) is 39.8 Å². The minimum absolute atomic E-state index is 0. The topological polar surface area (TPSA) is 69.8 Å². The average Bonchev–Trinajstić information content (AvgIpc) is 2.74. The molecule has 0 radical (unpaired) electrons. The normalized spacial score (nSPS) is 13.1. The van der Waals surface area contributed by atoms with Gasteiger partial charge in [0, 0.05) is 13.1 Å². The summed E-state index contributed by atoms with van der Waals surface area (Å²) in [5, 5.41) is 16.5. The lowest BCUT2D eigenvalue weighted by molar-refractivity contribution is 0.0428. The predicted molar refractivity (Wildman–Crippen MR) is 88.1 cm³/mol. The standard InChI is InChI=1S/C13H23N3O2.HI/c1-5-14-12(15-6-2)16-9-13(4,17)11-8-7-10(3)18-11;/h7-8,17H,5-6,9H2,1-4H3,(H2,14,15,16);1H. The van der Waals surface area contributed by atoms with Gasteiger partial charge in [0.15, 0.2) is 5.96 Å². The zero-order chi connectivity index (χ0) is 13.6. The number of aryl methyl sites for hydroxylation is 1. The van der Waals surface area contributed by atoms with Crippen molar-refractivity contribution in [1.29, 1.82) is 0 Å². The molecule has 3 N–H and O–H groups in total. The zero-order valence-corrected chi connectivity index (χ0v) is 14.3. The van der Waals surface area contributed by atoms with E-state index in [4.69, 9.17) is 4.42 Å². The lowest BCUT2D eigenvalue weighted by atomic mass is 10.0. The fraction of sp³-hybridized carbons (Fsp3) is 0.615. The molecule has 1 aromatic rings. The summed E-state index contributed by atoms with van der Waals surface area (Å²) < 4.78 is 5.44. The number of furan rings is 1. The van der Waals surface area contributed by atoms with Crippen LogP contribution < -0.4 is 10.6 Å². The number of hydrogen-bond donors (Lipinski definition) is 3. The van der Waals surface area contributed by atoms with Crippen LogP contribution in [-0.4, -0.2) is 30.7 Å². The maximum absolute atomic E-state index is 10.3. The summed E-state index contributed by atoms with van der Waals surface area (Å²) in [7, 11) is 0. The molecule has 0 bridgehead atoms. The second-order valence-corrected chi connectivity index (χ2v) is 4.41. The van der Waals surface area contributed by atoms with Gasteiger partial charge >= 0.3 is 0 Å². The van der Waals surface area contributed by atoms with Gasteiger partial charge in [0.25, 0.3) is 0 Å². The minimum atomic E-state index is -1.09. The Bertz CT molecular complexity index is 394. The molecule has 0 aliphatic carbocycles. The quantitative estimate of drug-likeness (QED) is 0.415. The van der Waals surface area contributed by atoms with Gasteiger partial charge in [0.2, 0.25) is 0 Å². The molecule has 1 heterocycles. The van der Waals surface area contributed by atoms with Gasteiger partial charge < -0.3 is 20.2 Å². The molecule has 0 spiro atoms. The molecule has 1 rings (SSSR count). The Morgan fingerprint density at radius 3 is 2.32 bits per heavy atom. The first-order valence-electron chi connectivity index (χ1n) is 6.31. The maximum Gasteiger partial charge on any atom is 0.191 e. The number of halogens is 1. The third kappa shape index (κ3) is 5.82. The first kappa shape index (κ1) is 18.2. The summed E-state index contributed by atoms with van der Waals surface area (Å²) in [5.74, 6) is 2.02. The Labute approximate surface area is 131 Å². The van der Waals surface area contributed by atoms with Crippen LogP contribution in [0.4, 0.5) is 0 Å². The molecule has 1 atom stereocenters. The van der Waals surface area contributed by atoms with Crippen LogP contribution in [0.15, 0.2) is 21.5 Å². The van der Waals surface area contributed by atoms with Crippen molar-refractivity contribution in [1.82, 2.24) is 10.6 Å². The predicted octanol–water partition coefficient (Wildman–Crippen LogP) is 1.99. The SMILES string of the molecule is CCNC(=NCC(C)(O)c1ccc(C)o1)NCC.I. The Kier molecular flexibility index (Phi) is 8.08. The van der Waals surface area contributed by atoms with E-state index < -0.39 is 5.60 Å². The molecule has 0 aliphatic heterocycles. The van der Waals surface area contributed by atoms with E-state index in [2.05, 4.69) is 15.6 Å². The molecule has 0 aliphatic rings. The highest BCUT2D eigenvalue weighted by Crippen LogP contribution is 2.22. The number of rotatable bonds is 5. The van der Waals surface area contributed by atoms with Crippen LogP contribution in [0, 0.1) is 6.92 Å². The summed E-state index contributed by atoms with van der Waals surface area (Å²) in [4.78, 5) is 4.34. The van der Waals surface area contributed by atoms with Gasteiger partial charge in [-0.1, -0.05) is 0 Å². The first-order chi connectivity index (χ1) is 8.49. The molecule has 1 aromatic heterocycles. The van der Waals surface area contributed by atoms with Crippen molar-refractivity contribution in [2.45, 2.75) is 33.3 Å². The summed E-state index contributed by atoms with van der Waals surface area (Å²) >= 11 is 0. The summed E-state index contributed by atoms with van der Waals surface area (Å²) in [6, 6.07) is 3.62. The smallest absolute Gasteiger partial charge is 0.191 e. The van der Waals surface area contributed by atoms with E-state index in [0.29, 0.717) is 11.7 Å². The molecule has 19 heavy (non-hydrogen) atoms. The van der Waals surface area contributed by atoms with E-state index in [-0.39, 0.29) is 30.5 Å². The van der Waals surface area contributed by atoms with Crippen molar-refractivity contribution in [2.75, 3.05) is 19.6 Å². The Balaban J connectivity index is 0.00000324. The van der Waals surface area contributed by atoms with Gasteiger partial charge in [0.05, 0.1) is 6.54 Å². The second kappa shape index (κ2) is 8.42. The zero-order valence-electron chi connectivity index (χ0n) is 12.0. The molecule has 0 fully saturated rings. The Hall–Kier alpha value is -0.760. The summed E-state index contributed by atoms with van der Waals surface area (Å²) in [5.41, 5.74) is -1.09. The Morgan fingerprint density at radius 1 is 1.32 bits per heavy atom. The summed E-state index contributed by atoms with van der Waals surface area (Å²) in [6.45, 7) is 9.37. The van der Waals surface area contributed by atoms with Crippen molar-refractivity contribution >= 4 is 29.9 Å². The third-order valence-corrected chi connectivity index (χ3v) is 2.50. The van der Waals surface area contributed by atoms with Crippen LogP contribution in [0.5, 0.6) is 0 Å². The van der Waals surface area contributed by atoms with E-state index in [0.717, 1.165) is 18.8 Å². The first-order valence-corrected chi connectivity index (χ1v) is 6.31.